The molecule has 0 atom stereocenters. The molecule has 22 heavy (non-hydrogen) atoms. The van der Waals surface area contributed by atoms with Crippen molar-refractivity contribution in [1.29, 1.82) is 0 Å². The maximum Gasteiger partial charge on any atom is 0.325 e. The fourth-order valence-electron chi connectivity index (χ4n) is 2.01. The van der Waals surface area contributed by atoms with E-state index < -0.39 is 26.2 Å². The van der Waals surface area contributed by atoms with E-state index in [0.717, 1.165) is 5.56 Å². The van der Waals surface area contributed by atoms with Crippen LogP contribution in [-0.4, -0.2) is 25.5 Å². The summed E-state index contributed by atoms with van der Waals surface area (Å²) in [5.74, 6) is 0.313. The third-order valence-electron chi connectivity index (χ3n) is 2.94. The topological polar surface area (TPSA) is 121 Å². The highest BCUT2D eigenvalue weighted by atomic mass is 32.2. The minimum atomic E-state index is -4.18. The number of aromatic nitrogens is 2. The second-order valence-corrected chi connectivity index (χ2v) is 6.29. The van der Waals surface area contributed by atoms with E-state index in [2.05, 4.69) is 9.71 Å². The van der Waals surface area contributed by atoms with Gasteiger partial charge in [0.15, 0.2) is 4.90 Å². The zero-order valence-corrected chi connectivity index (χ0v) is 13.0. The molecule has 8 nitrogen and oxygen atoms in total. The normalized spacial score (nSPS) is 11.2. The van der Waals surface area contributed by atoms with Crippen LogP contribution in [0.2, 0.25) is 0 Å². The predicted octanol–water partition coefficient (Wildman–Crippen LogP) is 0.489. The van der Waals surface area contributed by atoms with Crippen LogP contribution in [0.1, 0.15) is 11.3 Å². The van der Waals surface area contributed by atoms with Crippen molar-refractivity contribution >= 4 is 15.7 Å². The molecule has 0 bridgehead atoms. The van der Waals surface area contributed by atoms with Gasteiger partial charge in [-0.1, -0.05) is 6.07 Å². The van der Waals surface area contributed by atoms with E-state index in [4.69, 9.17) is 4.74 Å². The Bertz CT molecular complexity index is 927. The van der Waals surface area contributed by atoms with Crippen molar-refractivity contribution in [1.82, 2.24) is 9.97 Å². The fraction of sp³-hybridized carbons (Fsp3) is 0.231. The van der Waals surface area contributed by atoms with Crippen molar-refractivity contribution in [3.05, 3.63) is 50.3 Å². The Kier molecular flexibility index (Phi) is 4.09. The minimum absolute atomic E-state index is 0.0483. The molecule has 0 saturated carbocycles. The zero-order chi connectivity index (χ0) is 16.5. The first-order valence-corrected chi connectivity index (χ1v) is 7.73. The number of hydrogen-bond donors (Lipinski definition) is 3. The van der Waals surface area contributed by atoms with Crippen molar-refractivity contribution in [3.63, 3.8) is 0 Å². The van der Waals surface area contributed by atoms with Crippen molar-refractivity contribution in [2.75, 3.05) is 11.8 Å². The lowest BCUT2D eigenvalue weighted by molar-refractivity contribution is 0.417. The molecule has 0 aliphatic heterocycles. The summed E-state index contributed by atoms with van der Waals surface area (Å²) >= 11 is 0. The summed E-state index contributed by atoms with van der Waals surface area (Å²) in [6, 6.07) is 4.94. The van der Waals surface area contributed by atoms with Gasteiger partial charge in [-0.25, -0.2) is 13.2 Å². The van der Waals surface area contributed by atoms with Crippen LogP contribution in [0.5, 0.6) is 5.75 Å². The second-order valence-electron chi connectivity index (χ2n) is 4.67. The Morgan fingerprint density at radius 3 is 2.41 bits per heavy atom. The summed E-state index contributed by atoms with van der Waals surface area (Å²) in [4.78, 5) is 26.5. The zero-order valence-electron chi connectivity index (χ0n) is 12.2. The molecule has 9 heteroatoms. The number of anilines is 1. The molecule has 0 spiro atoms. The smallest absolute Gasteiger partial charge is 0.325 e. The number of sulfonamides is 1. The number of methoxy groups -OCH3 is 1. The highest BCUT2D eigenvalue weighted by molar-refractivity contribution is 7.92. The first-order chi connectivity index (χ1) is 10.2. The van der Waals surface area contributed by atoms with E-state index in [9.17, 15) is 18.0 Å². The number of nitrogens with one attached hydrogen (secondary N) is 3. The van der Waals surface area contributed by atoms with E-state index in [-0.39, 0.29) is 11.4 Å². The van der Waals surface area contributed by atoms with Crippen LogP contribution in [0.25, 0.3) is 0 Å². The lowest BCUT2D eigenvalue weighted by atomic mass is 10.2. The molecular formula is C13H15N3O5S. The lowest BCUT2D eigenvalue weighted by Gasteiger charge is -2.13. The molecule has 3 N–H and O–H groups in total. The van der Waals surface area contributed by atoms with Gasteiger partial charge < -0.3 is 9.72 Å². The van der Waals surface area contributed by atoms with Crippen molar-refractivity contribution < 1.29 is 13.2 Å². The summed E-state index contributed by atoms with van der Waals surface area (Å²) in [6.07, 6.45) is 0. The van der Waals surface area contributed by atoms with Gasteiger partial charge in [-0.2, -0.15) is 0 Å². The van der Waals surface area contributed by atoms with E-state index >= 15 is 0 Å². The van der Waals surface area contributed by atoms with Gasteiger partial charge in [0.05, 0.1) is 12.8 Å². The van der Waals surface area contributed by atoms with Crippen LogP contribution in [0.4, 0.5) is 5.69 Å². The molecule has 118 valence electrons. The Morgan fingerprint density at radius 2 is 1.82 bits per heavy atom. The first-order valence-electron chi connectivity index (χ1n) is 6.25. The molecule has 0 aliphatic rings. The molecule has 1 heterocycles. The molecule has 1 aromatic carbocycles. The minimum Gasteiger partial charge on any atom is -0.495 e. The predicted molar refractivity (Wildman–Crippen MR) is 81.0 cm³/mol. The monoisotopic (exact) mass is 325 g/mol. The standard InChI is InChI=1S/C13H15N3O5S/c1-7-4-5-10(21-3)9(6-7)16-22(19,20)11-8(2)14-13(18)15-12(11)17/h4-6,16H,1-3H3,(H2,14,15,17,18). The molecule has 1 aromatic heterocycles. The van der Waals surface area contributed by atoms with E-state index in [0.29, 0.717) is 5.75 Å². The number of aryl methyl sites for hydroxylation is 2. The lowest BCUT2D eigenvalue weighted by Crippen LogP contribution is -2.31. The van der Waals surface area contributed by atoms with E-state index in [1.54, 1.807) is 25.1 Å². The summed E-state index contributed by atoms with van der Waals surface area (Å²) in [5, 5.41) is 0. The number of rotatable bonds is 4. The van der Waals surface area contributed by atoms with Gasteiger partial charge in [0, 0.05) is 5.69 Å². The highest BCUT2D eigenvalue weighted by Gasteiger charge is 2.23. The van der Waals surface area contributed by atoms with Gasteiger partial charge in [0.2, 0.25) is 0 Å². The van der Waals surface area contributed by atoms with Crippen LogP contribution in [0.15, 0.2) is 32.7 Å². The van der Waals surface area contributed by atoms with Gasteiger partial charge in [-0.3, -0.25) is 14.5 Å². The van der Waals surface area contributed by atoms with Crippen LogP contribution in [0, 0.1) is 13.8 Å². The number of benzene rings is 1. The molecule has 0 fully saturated rings. The van der Waals surface area contributed by atoms with Gasteiger partial charge in [0.25, 0.3) is 15.6 Å². The molecule has 2 rings (SSSR count). The molecule has 0 amide bonds. The van der Waals surface area contributed by atoms with Gasteiger partial charge in [-0.15, -0.1) is 0 Å². The van der Waals surface area contributed by atoms with Crippen LogP contribution in [0.3, 0.4) is 0 Å². The van der Waals surface area contributed by atoms with Gasteiger partial charge in [0.1, 0.15) is 5.75 Å². The van der Waals surface area contributed by atoms with Crippen molar-refractivity contribution in [3.8, 4) is 5.75 Å². The van der Waals surface area contributed by atoms with Crippen molar-refractivity contribution in [2.45, 2.75) is 18.7 Å². The Morgan fingerprint density at radius 1 is 1.14 bits per heavy atom. The quantitative estimate of drug-likeness (QED) is 0.755. The third kappa shape index (κ3) is 3.03. The maximum absolute atomic E-state index is 12.4. The summed E-state index contributed by atoms with van der Waals surface area (Å²) in [5.41, 5.74) is -0.791. The Labute approximate surface area is 126 Å². The second kappa shape index (κ2) is 5.68. The van der Waals surface area contributed by atoms with Crippen LogP contribution in [-0.2, 0) is 10.0 Å². The van der Waals surface area contributed by atoms with E-state index in [1.807, 2.05) is 4.98 Å². The number of hydrogen-bond acceptors (Lipinski definition) is 5. The molecule has 0 aliphatic carbocycles. The number of ether oxygens (including phenoxy) is 1. The molecule has 0 saturated heterocycles. The molecule has 0 radical (unpaired) electrons. The summed E-state index contributed by atoms with van der Waals surface area (Å²) < 4.78 is 32.2. The third-order valence-corrected chi connectivity index (χ3v) is 4.46. The number of aromatic amines is 2. The van der Waals surface area contributed by atoms with Crippen molar-refractivity contribution in [2.24, 2.45) is 0 Å². The first kappa shape index (κ1) is 15.8. The summed E-state index contributed by atoms with van der Waals surface area (Å²) in [7, 11) is -2.78. The average Bonchev–Trinajstić information content (AvgIpc) is 2.36. The number of H-pyrrole nitrogens is 2. The fourth-order valence-corrected chi connectivity index (χ4v) is 3.31. The summed E-state index contributed by atoms with van der Waals surface area (Å²) in [6.45, 7) is 3.12. The molecule has 0 unspecified atom stereocenters. The Hall–Kier alpha value is -2.55. The maximum atomic E-state index is 12.4. The molecule has 2 aromatic rings. The van der Waals surface area contributed by atoms with E-state index in [1.165, 1.54) is 14.0 Å². The van der Waals surface area contributed by atoms with Crippen LogP contribution >= 0.6 is 0 Å². The average molecular weight is 325 g/mol. The van der Waals surface area contributed by atoms with Gasteiger partial charge >= 0.3 is 5.69 Å². The highest BCUT2D eigenvalue weighted by Crippen LogP contribution is 2.27. The van der Waals surface area contributed by atoms with Crippen LogP contribution < -0.4 is 20.7 Å². The SMILES string of the molecule is COc1ccc(C)cc1NS(=O)(=O)c1c(C)[nH]c(=O)[nH]c1=O. The largest absolute Gasteiger partial charge is 0.495 e. The molecular weight excluding hydrogens is 310 g/mol. The Balaban J connectivity index is 2.57. The van der Waals surface area contributed by atoms with Gasteiger partial charge in [-0.05, 0) is 31.5 Å².